The molecule has 0 bridgehead atoms. The first-order valence-corrected chi connectivity index (χ1v) is 11.6. The molecular weight excluding hydrogens is 461 g/mol. The molecule has 3 aromatic rings. The van der Waals surface area contributed by atoms with E-state index in [0.717, 1.165) is 67.4 Å². The number of nitrogens with zero attached hydrogens (tertiary/aromatic N) is 1. The fraction of sp³-hybridized carbons (Fsp3) is 0.286. The highest BCUT2D eigenvalue weighted by atomic mass is 19.4. The Bertz CT molecular complexity index is 1260. The van der Waals surface area contributed by atoms with Crippen LogP contribution in [0.25, 0.3) is 16.7 Å². The van der Waals surface area contributed by atoms with Crippen LogP contribution >= 0.6 is 0 Å². The van der Waals surface area contributed by atoms with Crippen LogP contribution in [0.15, 0.2) is 66.2 Å². The lowest BCUT2D eigenvalue weighted by Crippen LogP contribution is -2.33. The van der Waals surface area contributed by atoms with Crippen LogP contribution in [0.1, 0.15) is 36.0 Å². The molecule has 1 fully saturated rings. The van der Waals surface area contributed by atoms with Crippen molar-refractivity contribution in [1.29, 1.82) is 0 Å². The Morgan fingerprint density at radius 3 is 2.20 bits per heavy atom. The molecule has 182 valence electrons. The van der Waals surface area contributed by atoms with E-state index < -0.39 is 23.4 Å². The second kappa shape index (κ2) is 9.46. The number of benzene rings is 3. The van der Waals surface area contributed by atoms with Gasteiger partial charge in [-0.05, 0) is 90.7 Å². The van der Waals surface area contributed by atoms with Gasteiger partial charge in [0, 0.05) is 17.7 Å². The van der Waals surface area contributed by atoms with Crippen LogP contribution in [0.5, 0.6) is 5.75 Å². The van der Waals surface area contributed by atoms with Gasteiger partial charge in [0.2, 0.25) is 0 Å². The minimum absolute atomic E-state index is 0.114. The van der Waals surface area contributed by atoms with Gasteiger partial charge in [-0.1, -0.05) is 24.6 Å². The third-order valence-corrected chi connectivity index (χ3v) is 6.61. The fourth-order valence-corrected chi connectivity index (χ4v) is 4.86. The lowest BCUT2D eigenvalue weighted by Gasteiger charge is -2.31. The predicted molar refractivity (Wildman–Crippen MR) is 125 cm³/mol. The molecule has 2 nitrogen and oxygen atoms in total. The lowest BCUT2D eigenvalue weighted by molar-refractivity contribution is -0.137. The van der Waals surface area contributed by atoms with Crippen molar-refractivity contribution in [2.24, 2.45) is 0 Å². The van der Waals surface area contributed by atoms with Crippen molar-refractivity contribution < 1.29 is 26.7 Å². The quantitative estimate of drug-likeness (QED) is 0.359. The van der Waals surface area contributed by atoms with Crippen LogP contribution in [0, 0.1) is 11.6 Å². The minimum Gasteiger partial charge on any atom is -0.489 e. The second-order valence-corrected chi connectivity index (χ2v) is 9.01. The van der Waals surface area contributed by atoms with Gasteiger partial charge in [-0.3, -0.25) is 4.90 Å². The summed E-state index contributed by atoms with van der Waals surface area (Å²) in [6, 6.07) is 13.5. The maximum atomic E-state index is 14.5. The normalized spacial score (nSPS) is 16.7. The van der Waals surface area contributed by atoms with Crippen molar-refractivity contribution in [3.8, 4) is 16.9 Å². The number of hydrogen-bond acceptors (Lipinski definition) is 2. The zero-order valence-electron chi connectivity index (χ0n) is 19.0. The molecule has 0 saturated carbocycles. The Morgan fingerprint density at radius 1 is 0.771 bits per heavy atom. The van der Waals surface area contributed by atoms with Crippen molar-refractivity contribution in [2.75, 3.05) is 26.2 Å². The summed E-state index contributed by atoms with van der Waals surface area (Å²) in [5.41, 5.74) is 2.88. The molecule has 0 aromatic heterocycles. The number of halogens is 5. The molecule has 7 heteroatoms. The Morgan fingerprint density at radius 2 is 1.49 bits per heavy atom. The van der Waals surface area contributed by atoms with E-state index in [4.69, 9.17) is 4.74 Å². The van der Waals surface area contributed by atoms with E-state index in [2.05, 4.69) is 4.90 Å². The van der Waals surface area contributed by atoms with Gasteiger partial charge in [0.25, 0.3) is 0 Å². The number of alkyl halides is 3. The summed E-state index contributed by atoms with van der Waals surface area (Å²) in [5.74, 6) is -0.556. The second-order valence-electron chi connectivity index (χ2n) is 9.01. The molecule has 0 radical (unpaired) electrons. The van der Waals surface area contributed by atoms with E-state index in [1.807, 2.05) is 0 Å². The molecule has 0 amide bonds. The molecule has 0 spiro atoms. The molecule has 2 aliphatic heterocycles. The summed E-state index contributed by atoms with van der Waals surface area (Å²) in [6.07, 6.45) is -1.05. The number of hydrogen-bond donors (Lipinski definition) is 0. The number of ether oxygens (including phenoxy) is 1. The van der Waals surface area contributed by atoms with E-state index >= 15 is 0 Å². The van der Waals surface area contributed by atoms with E-state index in [0.29, 0.717) is 35.6 Å². The summed E-state index contributed by atoms with van der Waals surface area (Å²) >= 11 is 0. The number of rotatable bonds is 4. The molecule has 5 rings (SSSR count). The van der Waals surface area contributed by atoms with Crippen molar-refractivity contribution in [3.05, 3.63) is 94.6 Å². The Hall–Kier alpha value is -3.19. The van der Waals surface area contributed by atoms with Crippen molar-refractivity contribution >= 4 is 5.57 Å². The van der Waals surface area contributed by atoms with Crippen molar-refractivity contribution in [3.63, 3.8) is 0 Å². The zero-order chi connectivity index (χ0) is 24.6. The molecule has 35 heavy (non-hydrogen) atoms. The van der Waals surface area contributed by atoms with E-state index in [1.54, 1.807) is 18.2 Å². The van der Waals surface area contributed by atoms with Gasteiger partial charge in [0.05, 0.1) is 5.56 Å². The molecule has 0 N–H and O–H groups in total. The highest BCUT2D eigenvalue weighted by Crippen LogP contribution is 2.41. The third-order valence-electron chi connectivity index (χ3n) is 6.61. The van der Waals surface area contributed by atoms with Crippen molar-refractivity contribution in [2.45, 2.75) is 25.4 Å². The van der Waals surface area contributed by atoms with Gasteiger partial charge in [0.15, 0.2) is 0 Å². The summed E-state index contributed by atoms with van der Waals surface area (Å²) in [6.45, 7) is 2.85. The topological polar surface area (TPSA) is 12.5 Å². The molecule has 3 aromatic carbocycles. The lowest BCUT2D eigenvalue weighted by atomic mass is 9.88. The fourth-order valence-electron chi connectivity index (χ4n) is 4.86. The highest BCUT2D eigenvalue weighted by Gasteiger charge is 2.31. The van der Waals surface area contributed by atoms with Crippen LogP contribution in [-0.4, -0.2) is 31.1 Å². The van der Waals surface area contributed by atoms with Gasteiger partial charge in [0.1, 0.15) is 24.0 Å². The first-order chi connectivity index (χ1) is 16.8. The third kappa shape index (κ3) is 4.96. The largest absolute Gasteiger partial charge is 0.489 e. The monoisotopic (exact) mass is 485 g/mol. The van der Waals surface area contributed by atoms with Crippen LogP contribution in [0.4, 0.5) is 22.0 Å². The Labute approximate surface area is 200 Å². The van der Waals surface area contributed by atoms with Gasteiger partial charge < -0.3 is 4.74 Å². The van der Waals surface area contributed by atoms with Crippen LogP contribution in [-0.2, 0) is 6.18 Å². The Balaban J connectivity index is 1.63. The number of fused-ring (bicyclic) bond motifs is 1. The van der Waals surface area contributed by atoms with Crippen LogP contribution < -0.4 is 4.74 Å². The van der Waals surface area contributed by atoms with Crippen LogP contribution in [0.2, 0.25) is 0 Å². The van der Waals surface area contributed by atoms with Gasteiger partial charge in [-0.15, -0.1) is 0 Å². The average Bonchev–Trinajstić information content (AvgIpc) is 2.85. The van der Waals surface area contributed by atoms with E-state index in [9.17, 15) is 22.0 Å². The van der Waals surface area contributed by atoms with Gasteiger partial charge in [-0.2, -0.15) is 13.2 Å². The molecule has 2 heterocycles. The Kier molecular flexibility index (Phi) is 6.36. The molecule has 0 aliphatic carbocycles. The smallest absolute Gasteiger partial charge is 0.416 e. The van der Waals surface area contributed by atoms with E-state index in [1.165, 1.54) is 18.6 Å². The summed E-state index contributed by atoms with van der Waals surface area (Å²) < 4.78 is 74.0. The predicted octanol–water partition coefficient (Wildman–Crippen LogP) is 7.33. The van der Waals surface area contributed by atoms with E-state index in [-0.39, 0.29) is 5.56 Å². The highest BCUT2D eigenvalue weighted by molar-refractivity contribution is 5.88. The SMILES string of the molecule is Fc1ccc(F)c(-c2ccc3c(c2)C(c2ccc(C(F)(F)F)cc2)=C(CN2CCCCC2)CO3)c1. The molecule has 0 atom stereocenters. The average molecular weight is 485 g/mol. The molecule has 2 aliphatic rings. The first kappa shape index (κ1) is 23.5. The minimum atomic E-state index is -4.43. The number of piperidine rings is 1. The molecular formula is C28H24F5NO. The van der Waals surface area contributed by atoms with Crippen molar-refractivity contribution in [1.82, 2.24) is 4.90 Å². The maximum absolute atomic E-state index is 14.5. The summed E-state index contributed by atoms with van der Waals surface area (Å²) in [5, 5.41) is 0. The first-order valence-electron chi connectivity index (χ1n) is 11.6. The standard InChI is InChI=1S/C28H24F5NO/c29-22-9-10-25(30)23(15-22)19-6-11-26-24(14-19)27(18-4-7-21(8-5-18)28(31,32)33)20(17-35-26)16-34-12-2-1-3-13-34/h4-11,14-15H,1-3,12-13,16-17H2. The van der Waals surface area contributed by atoms with Gasteiger partial charge in [-0.25, -0.2) is 8.78 Å². The number of likely N-dealkylation sites (tertiary alicyclic amines) is 1. The molecule has 0 unspecified atom stereocenters. The summed E-state index contributed by atoms with van der Waals surface area (Å²) in [4.78, 5) is 2.33. The van der Waals surface area contributed by atoms with Gasteiger partial charge >= 0.3 is 6.18 Å². The van der Waals surface area contributed by atoms with Crippen LogP contribution in [0.3, 0.4) is 0 Å². The zero-order valence-corrected chi connectivity index (χ0v) is 19.0. The maximum Gasteiger partial charge on any atom is 0.416 e. The molecule has 1 saturated heterocycles. The summed E-state index contributed by atoms with van der Waals surface area (Å²) in [7, 11) is 0.